The van der Waals surface area contributed by atoms with Crippen LogP contribution in [0.3, 0.4) is 0 Å². The van der Waals surface area contributed by atoms with E-state index >= 15 is 0 Å². The molecule has 0 aromatic carbocycles. The molecule has 0 spiro atoms. The number of hydrogen-bond acceptors (Lipinski definition) is 6. The zero-order valence-electron chi connectivity index (χ0n) is 13.6. The highest BCUT2D eigenvalue weighted by Crippen LogP contribution is 2.00. The summed E-state index contributed by atoms with van der Waals surface area (Å²) in [5.41, 5.74) is 0. The van der Waals surface area contributed by atoms with Gasteiger partial charge in [-0.3, -0.25) is 19.2 Å². The number of aliphatic carboxylic acids is 2. The zero-order valence-corrected chi connectivity index (χ0v) is 14.5. The molecule has 24 heavy (non-hydrogen) atoms. The summed E-state index contributed by atoms with van der Waals surface area (Å²) in [5, 5.41) is 25.0. The van der Waals surface area contributed by atoms with Gasteiger partial charge in [0.2, 0.25) is 11.8 Å². The number of carbonyl (C=O) groups is 4. The second kappa shape index (κ2) is 12.6. The van der Waals surface area contributed by atoms with Gasteiger partial charge in [-0.15, -0.1) is 0 Å². The lowest BCUT2D eigenvalue weighted by Gasteiger charge is -2.17. The molecule has 0 fully saturated rings. The summed E-state index contributed by atoms with van der Waals surface area (Å²) in [7, 11) is 0. The maximum atomic E-state index is 11.8. The first kappa shape index (κ1) is 22.2. The predicted octanol–water partition coefficient (Wildman–Crippen LogP) is -0.775. The van der Waals surface area contributed by atoms with Gasteiger partial charge in [0.05, 0.1) is 0 Å². The maximum Gasteiger partial charge on any atom is 0.322 e. The minimum absolute atomic E-state index is 0.00565. The minimum Gasteiger partial charge on any atom is -0.480 e. The van der Waals surface area contributed by atoms with Crippen LogP contribution < -0.4 is 16.0 Å². The second-order valence-corrected chi connectivity index (χ2v) is 5.52. The van der Waals surface area contributed by atoms with Crippen molar-refractivity contribution in [3.63, 3.8) is 0 Å². The van der Waals surface area contributed by atoms with Crippen LogP contribution in [-0.2, 0) is 19.2 Å². The summed E-state index contributed by atoms with van der Waals surface area (Å²) in [4.78, 5) is 45.1. The van der Waals surface area contributed by atoms with Gasteiger partial charge < -0.3 is 26.2 Å². The Labute approximate surface area is 146 Å². The lowest BCUT2D eigenvalue weighted by Crippen LogP contribution is -2.49. The molecular weight excluding hydrogens is 338 g/mol. The molecule has 9 nitrogen and oxygen atoms in total. The molecule has 138 valence electrons. The first-order valence-corrected chi connectivity index (χ1v) is 8.30. The molecule has 0 aliphatic carbocycles. The number of thiol groups is 1. The molecule has 0 unspecified atom stereocenters. The van der Waals surface area contributed by atoms with E-state index in [2.05, 4.69) is 28.6 Å². The van der Waals surface area contributed by atoms with Gasteiger partial charge in [-0.1, -0.05) is 13.3 Å². The molecule has 0 bridgehead atoms. The van der Waals surface area contributed by atoms with Crippen LogP contribution in [0.1, 0.15) is 32.6 Å². The van der Waals surface area contributed by atoms with Gasteiger partial charge in [0, 0.05) is 12.2 Å². The molecule has 2 amide bonds. The fourth-order valence-electron chi connectivity index (χ4n) is 1.79. The van der Waals surface area contributed by atoms with E-state index in [9.17, 15) is 19.2 Å². The standard InChI is InChI=1S/C14H25N3O6S/c1-2-3-6-15-9(14(22)23)4-5-11(18)17-10(8-24)13(21)16-7-12(19)20/h9-10,15,24H,2-8H2,1H3,(H,16,21)(H,17,18)(H,19,20)(H,22,23)/t9-,10-/m0/s1. The summed E-state index contributed by atoms with van der Waals surface area (Å²) in [6.45, 7) is 1.98. The monoisotopic (exact) mass is 363 g/mol. The number of hydrogen-bond donors (Lipinski definition) is 6. The van der Waals surface area contributed by atoms with E-state index in [1.54, 1.807) is 0 Å². The van der Waals surface area contributed by atoms with Gasteiger partial charge in [0.15, 0.2) is 0 Å². The largest absolute Gasteiger partial charge is 0.480 e. The molecule has 0 aliphatic rings. The van der Waals surface area contributed by atoms with Gasteiger partial charge in [-0.2, -0.15) is 12.6 Å². The topological polar surface area (TPSA) is 145 Å². The van der Waals surface area contributed by atoms with Crippen LogP contribution in [0, 0.1) is 0 Å². The zero-order chi connectivity index (χ0) is 18.5. The Hall–Kier alpha value is -1.81. The van der Waals surface area contributed by atoms with Crippen LogP contribution in [0.4, 0.5) is 0 Å². The number of nitrogens with one attached hydrogen (secondary N) is 3. The van der Waals surface area contributed by atoms with Crippen molar-refractivity contribution >= 4 is 36.4 Å². The third-order valence-electron chi connectivity index (χ3n) is 3.13. The number of unbranched alkanes of at least 4 members (excludes halogenated alkanes) is 1. The SMILES string of the molecule is CCCCN[C@@H](CCC(=O)N[C@@H](CS)C(=O)NCC(=O)O)C(=O)O. The van der Waals surface area contributed by atoms with Crippen molar-refractivity contribution in [2.45, 2.75) is 44.7 Å². The predicted molar refractivity (Wildman–Crippen MR) is 90.0 cm³/mol. The fraction of sp³-hybridized carbons (Fsp3) is 0.714. The van der Waals surface area contributed by atoms with E-state index in [4.69, 9.17) is 10.2 Å². The van der Waals surface area contributed by atoms with Crippen molar-refractivity contribution in [2.24, 2.45) is 0 Å². The van der Waals surface area contributed by atoms with Gasteiger partial charge in [0.1, 0.15) is 18.6 Å². The van der Waals surface area contributed by atoms with Crippen LogP contribution in [-0.4, -0.2) is 64.9 Å². The third-order valence-corrected chi connectivity index (χ3v) is 3.49. The normalized spacial score (nSPS) is 12.9. The molecule has 2 atom stereocenters. The summed E-state index contributed by atoms with van der Waals surface area (Å²) < 4.78 is 0. The first-order chi connectivity index (χ1) is 11.3. The van der Waals surface area contributed by atoms with Crippen molar-refractivity contribution in [1.82, 2.24) is 16.0 Å². The Kier molecular flexibility index (Phi) is 11.6. The summed E-state index contributed by atoms with van der Waals surface area (Å²) in [6, 6.07) is -1.81. The quantitative estimate of drug-likeness (QED) is 0.186. The van der Waals surface area contributed by atoms with E-state index in [1.807, 2.05) is 6.92 Å². The van der Waals surface area contributed by atoms with Crippen LogP contribution in [0.25, 0.3) is 0 Å². The first-order valence-electron chi connectivity index (χ1n) is 7.67. The van der Waals surface area contributed by atoms with Crippen LogP contribution in [0.2, 0.25) is 0 Å². The number of amides is 2. The molecule has 0 heterocycles. The summed E-state index contributed by atoms with van der Waals surface area (Å²) in [6.07, 6.45) is 1.77. The number of carboxylic acid groups (broad SMARTS) is 2. The van der Waals surface area contributed by atoms with Crippen molar-refractivity contribution < 1.29 is 29.4 Å². The summed E-state index contributed by atoms with van der Waals surface area (Å²) >= 11 is 3.94. The second-order valence-electron chi connectivity index (χ2n) is 5.15. The van der Waals surface area contributed by atoms with Crippen molar-refractivity contribution in [1.29, 1.82) is 0 Å². The van der Waals surface area contributed by atoms with Crippen LogP contribution in [0.15, 0.2) is 0 Å². The van der Waals surface area contributed by atoms with Crippen LogP contribution in [0.5, 0.6) is 0 Å². The smallest absolute Gasteiger partial charge is 0.322 e. The average molecular weight is 363 g/mol. The number of carbonyl (C=O) groups excluding carboxylic acids is 2. The van der Waals surface area contributed by atoms with E-state index < -0.39 is 42.4 Å². The Bertz CT molecular complexity index is 446. The van der Waals surface area contributed by atoms with Crippen molar-refractivity contribution in [3.8, 4) is 0 Å². The molecule has 0 saturated heterocycles. The van der Waals surface area contributed by atoms with Gasteiger partial charge >= 0.3 is 11.9 Å². The third kappa shape index (κ3) is 10.1. The van der Waals surface area contributed by atoms with E-state index in [0.29, 0.717) is 6.54 Å². The van der Waals surface area contributed by atoms with Gasteiger partial charge in [-0.25, -0.2) is 0 Å². The maximum absolute atomic E-state index is 11.8. The lowest BCUT2D eigenvalue weighted by molar-refractivity contribution is -0.140. The lowest BCUT2D eigenvalue weighted by atomic mass is 10.1. The Morgan fingerprint density at radius 1 is 1.12 bits per heavy atom. The molecule has 0 saturated carbocycles. The number of carboxylic acids is 2. The Morgan fingerprint density at radius 2 is 1.79 bits per heavy atom. The van der Waals surface area contributed by atoms with Crippen molar-refractivity contribution in [3.05, 3.63) is 0 Å². The minimum atomic E-state index is -1.20. The molecular formula is C14H25N3O6S. The molecule has 0 rings (SSSR count). The van der Waals surface area contributed by atoms with Gasteiger partial charge in [0.25, 0.3) is 0 Å². The van der Waals surface area contributed by atoms with Gasteiger partial charge in [-0.05, 0) is 19.4 Å². The molecule has 0 aromatic rings. The van der Waals surface area contributed by atoms with E-state index in [-0.39, 0.29) is 18.6 Å². The van der Waals surface area contributed by atoms with E-state index in [1.165, 1.54) is 0 Å². The molecule has 0 radical (unpaired) electrons. The van der Waals surface area contributed by atoms with Crippen LogP contribution >= 0.6 is 12.6 Å². The van der Waals surface area contributed by atoms with Crippen molar-refractivity contribution in [2.75, 3.05) is 18.8 Å². The Balaban J connectivity index is 4.34. The molecule has 5 N–H and O–H groups in total. The number of rotatable bonds is 13. The van der Waals surface area contributed by atoms with E-state index in [0.717, 1.165) is 12.8 Å². The average Bonchev–Trinajstić information content (AvgIpc) is 2.53. The summed E-state index contributed by atoms with van der Waals surface area (Å²) in [5.74, 6) is -3.40. The fourth-order valence-corrected chi connectivity index (χ4v) is 2.04. The molecule has 0 aliphatic heterocycles. The Morgan fingerprint density at radius 3 is 2.29 bits per heavy atom. The highest BCUT2D eigenvalue weighted by Gasteiger charge is 2.22. The molecule has 0 aromatic heterocycles. The highest BCUT2D eigenvalue weighted by molar-refractivity contribution is 7.80. The highest BCUT2D eigenvalue weighted by atomic mass is 32.1. The molecule has 10 heteroatoms.